The van der Waals surface area contributed by atoms with E-state index in [1.165, 1.54) is 10.5 Å². The summed E-state index contributed by atoms with van der Waals surface area (Å²) in [5.74, 6) is 0.917. The Bertz CT molecular complexity index is 1030. The fourth-order valence-corrected chi connectivity index (χ4v) is 4.34. The zero-order valence-electron chi connectivity index (χ0n) is 19.9. The molecular formula is C29H32NO5-. The van der Waals surface area contributed by atoms with E-state index >= 15 is 0 Å². The van der Waals surface area contributed by atoms with Gasteiger partial charge in [-0.3, -0.25) is 0 Å². The van der Waals surface area contributed by atoms with Crippen molar-refractivity contribution in [2.45, 2.75) is 38.1 Å². The van der Waals surface area contributed by atoms with Crippen molar-refractivity contribution >= 4 is 6.09 Å². The number of hydrogen-bond acceptors (Lipinski definition) is 5. The molecule has 1 aliphatic rings. The van der Waals surface area contributed by atoms with E-state index in [9.17, 15) is 9.90 Å². The van der Waals surface area contributed by atoms with Crippen molar-refractivity contribution < 1.29 is 24.1 Å². The van der Waals surface area contributed by atoms with Crippen molar-refractivity contribution in [2.24, 2.45) is 0 Å². The Morgan fingerprint density at radius 1 is 0.857 bits per heavy atom. The predicted molar refractivity (Wildman–Crippen MR) is 132 cm³/mol. The van der Waals surface area contributed by atoms with Gasteiger partial charge in [0.05, 0.1) is 32.5 Å². The predicted octanol–water partition coefficient (Wildman–Crippen LogP) is 4.39. The largest absolute Gasteiger partial charge is 0.530 e. The number of carbonyl (C=O) groups is 1. The Morgan fingerprint density at radius 3 is 2.17 bits per heavy atom. The molecule has 184 valence electrons. The fraction of sp³-hybridized carbons (Fsp3) is 0.345. The monoisotopic (exact) mass is 474 g/mol. The quantitative estimate of drug-likeness (QED) is 0.386. The van der Waals surface area contributed by atoms with Crippen LogP contribution in [0.25, 0.3) is 0 Å². The Kier molecular flexibility index (Phi) is 9.15. The van der Waals surface area contributed by atoms with Crippen LogP contribution < -0.4 is 9.84 Å². The van der Waals surface area contributed by atoms with Crippen LogP contribution in [0.15, 0.2) is 84.9 Å². The number of amides is 1. The summed E-state index contributed by atoms with van der Waals surface area (Å²) in [4.78, 5) is 12.8. The summed E-state index contributed by atoms with van der Waals surface area (Å²) in [6.07, 6.45) is 0.113. The standard InChI is InChI=1S/C29H33NO5/c31-29(32)30-17-16-27(28(20-30)35-22-24-10-5-2-6-11-24)25-12-14-26(15-13-25)34-19-7-18-33-21-23-8-3-1-4-9-23/h1-6,8-15,27-28H,7,16-22H2,(H,31,32)/p-1. The number of hydrogen-bond donors (Lipinski definition) is 0. The van der Waals surface area contributed by atoms with Crippen LogP contribution in [-0.2, 0) is 22.7 Å². The van der Waals surface area contributed by atoms with Crippen molar-refractivity contribution in [1.82, 2.24) is 4.90 Å². The maximum atomic E-state index is 11.4. The number of ether oxygens (including phenoxy) is 3. The van der Waals surface area contributed by atoms with Gasteiger partial charge in [-0.05, 0) is 35.2 Å². The third kappa shape index (κ3) is 7.57. The minimum Gasteiger partial charge on any atom is -0.530 e. The highest BCUT2D eigenvalue weighted by molar-refractivity contribution is 5.62. The molecule has 35 heavy (non-hydrogen) atoms. The first-order chi connectivity index (χ1) is 17.2. The first-order valence-electron chi connectivity index (χ1n) is 12.1. The fourth-order valence-electron chi connectivity index (χ4n) is 4.34. The summed E-state index contributed by atoms with van der Waals surface area (Å²) in [6.45, 7) is 3.03. The molecular weight excluding hydrogens is 442 g/mol. The molecule has 3 aromatic carbocycles. The molecule has 2 unspecified atom stereocenters. The van der Waals surface area contributed by atoms with E-state index in [-0.39, 0.29) is 12.0 Å². The van der Waals surface area contributed by atoms with Crippen molar-refractivity contribution in [2.75, 3.05) is 26.3 Å². The SMILES string of the molecule is O=C([O-])N1CCC(c2ccc(OCCCOCc3ccccc3)cc2)C(OCc2ccccc2)C1. The number of carbonyl (C=O) groups excluding carboxylic acids is 1. The molecule has 1 fully saturated rings. The molecule has 2 atom stereocenters. The highest BCUT2D eigenvalue weighted by Crippen LogP contribution is 2.32. The molecule has 0 N–H and O–H groups in total. The molecule has 0 aliphatic carbocycles. The lowest BCUT2D eigenvalue weighted by Crippen LogP contribution is -2.51. The van der Waals surface area contributed by atoms with Crippen LogP contribution in [0.3, 0.4) is 0 Å². The number of likely N-dealkylation sites (tertiary alicyclic amines) is 1. The van der Waals surface area contributed by atoms with E-state index in [1.807, 2.05) is 60.7 Å². The average Bonchev–Trinajstić information content (AvgIpc) is 2.91. The van der Waals surface area contributed by atoms with Crippen LogP contribution in [0.1, 0.15) is 35.4 Å². The van der Waals surface area contributed by atoms with Crippen LogP contribution in [0.4, 0.5) is 4.79 Å². The summed E-state index contributed by atoms with van der Waals surface area (Å²) < 4.78 is 17.8. The lowest BCUT2D eigenvalue weighted by atomic mass is 9.87. The van der Waals surface area contributed by atoms with Gasteiger partial charge in [0, 0.05) is 25.4 Å². The minimum absolute atomic E-state index is 0.106. The molecule has 6 nitrogen and oxygen atoms in total. The first kappa shape index (κ1) is 24.8. The molecule has 1 saturated heterocycles. The Morgan fingerprint density at radius 2 is 1.51 bits per heavy atom. The molecule has 0 spiro atoms. The van der Waals surface area contributed by atoms with Crippen LogP contribution in [0.5, 0.6) is 5.75 Å². The number of rotatable bonds is 11. The van der Waals surface area contributed by atoms with Gasteiger partial charge in [-0.15, -0.1) is 0 Å². The molecule has 0 saturated carbocycles. The molecule has 0 bridgehead atoms. The maximum absolute atomic E-state index is 11.4. The highest BCUT2D eigenvalue weighted by Gasteiger charge is 2.31. The van der Waals surface area contributed by atoms with Crippen molar-refractivity contribution in [1.29, 1.82) is 0 Å². The summed E-state index contributed by atoms with van der Waals surface area (Å²) in [6, 6.07) is 28.1. The van der Waals surface area contributed by atoms with E-state index in [2.05, 4.69) is 24.3 Å². The Labute approximate surface area is 207 Å². The Hall–Kier alpha value is -3.35. The van der Waals surface area contributed by atoms with Gasteiger partial charge in [-0.2, -0.15) is 0 Å². The smallest absolute Gasteiger partial charge is 0.137 e. The third-order valence-electron chi connectivity index (χ3n) is 6.25. The second-order valence-electron chi connectivity index (χ2n) is 8.75. The molecule has 3 aromatic rings. The second kappa shape index (κ2) is 12.9. The van der Waals surface area contributed by atoms with Gasteiger partial charge in [0.25, 0.3) is 0 Å². The van der Waals surface area contributed by atoms with Crippen LogP contribution in [0, 0.1) is 0 Å². The minimum atomic E-state index is -1.15. The Balaban J connectivity index is 1.26. The normalized spacial score (nSPS) is 17.8. The lowest BCUT2D eigenvalue weighted by molar-refractivity contribution is -0.268. The number of benzene rings is 3. The van der Waals surface area contributed by atoms with Gasteiger partial charge in [0.1, 0.15) is 11.8 Å². The molecule has 0 radical (unpaired) electrons. The van der Waals surface area contributed by atoms with Crippen molar-refractivity contribution in [3.05, 3.63) is 102 Å². The molecule has 1 aliphatic heterocycles. The summed E-state index contributed by atoms with van der Waals surface area (Å²) in [5.41, 5.74) is 3.36. The number of piperidine rings is 1. The molecule has 1 amide bonds. The zero-order chi connectivity index (χ0) is 24.3. The summed E-state index contributed by atoms with van der Waals surface area (Å²) in [5, 5.41) is 11.4. The third-order valence-corrected chi connectivity index (χ3v) is 6.25. The highest BCUT2D eigenvalue weighted by atomic mass is 16.5. The van der Waals surface area contributed by atoms with Crippen LogP contribution in [0.2, 0.25) is 0 Å². The van der Waals surface area contributed by atoms with Crippen LogP contribution in [-0.4, -0.2) is 43.4 Å². The zero-order valence-corrected chi connectivity index (χ0v) is 19.9. The average molecular weight is 475 g/mol. The number of nitrogens with zero attached hydrogens (tertiary/aromatic N) is 1. The van der Waals surface area contributed by atoms with Gasteiger partial charge in [0.15, 0.2) is 0 Å². The lowest BCUT2D eigenvalue weighted by Gasteiger charge is -2.40. The summed E-state index contributed by atoms with van der Waals surface area (Å²) in [7, 11) is 0. The topological polar surface area (TPSA) is 71.1 Å². The maximum Gasteiger partial charge on any atom is 0.137 e. The van der Waals surface area contributed by atoms with Crippen molar-refractivity contribution in [3.8, 4) is 5.75 Å². The van der Waals surface area contributed by atoms with E-state index in [0.717, 1.165) is 23.3 Å². The molecule has 6 heteroatoms. The molecule has 1 heterocycles. The number of carboxylic acid groups (broad SMARTS) is 1. The molecule has 0 aromatic heterocycles. The van der Waals surface area contributed by atoms with E-state index < -0.39 is 6.09 Å². The van der Waals surface area contributed by atoms with Crippen LogP contribution >= 0.6 is 0 Å². The molecule has 4 rings (SSSR count). The van der Waals surface area contributed by atoms with Gasteiger partial charge >= 0.3 is 0 Å². The van der Waals surface area contributed by atoms with E-state index in [4.69, 9.17) is 14.2 Å². The van der Waals surface area contributed by atoms with E-state index in [0.29, 0.717) is 45.9 Å². The van der Waals surface area contributed by atoms with Gasteiger partial charge < -0.3 is 29.0 Å². The summed E-state index contributed by atoms with van der Waals surface area (Å²) >= 11 is 0. The van der Waals surface area contributed by atoms with Crippen molar-refractivity contribution in [3.63, 3.8) is 0 Å². The van der Waals surface area contributed by atoms with Gasteiger partial charge in [0.2, 0.25) is 0 Å². The van der Waals surface area contributed by atoms with Gasteiger partial charge in [-0.1, -0.05) is 72.8 Å². The first-order valence-corrected chi connectivity index (χ1v) is 12.1. The van der Waals surface area contributed by atoms with Gasteiger partial charge in [-0.25, -0.2) is 0 Å². The second-order valence-corrected chi connectivity index (χ2v) is 8.75. The van der Waals surface area contributed by atoms with E-state index in [1.54, 1.807) is 0 Å².